The molecule has 3 rings (SSSR count). The van der Waals surface area contributed by atoms with E-state index in [0.29, 0.717) is 16.9 Å². The van der Waals surface area contributed by atoms with Crippen LogP contribution in [0.15, 0.2) is 36.5 Å². The largest absolute Gasteiger partial charge is 0.399 e. The van der Waals surface area contributed by atoms with E-state index in [4.69, 9.17) is 11.0 Å². The molecule has 2 aromatic rings. The number of pyridine rings is 1. The number of carbonyl (C=O) groups excluding carboxylic acids is 1. The van der Waals surface area contributed by atoms with Crippen molar-refractivity contribution in [1.82, 2.24) is 4.98 Å². The fraction of sp³-hybridized carbons (Fsp3) is 0.188. The number of fused-ring (bicyclic) bond motifs is 1. The first-order valence-electron chi connectivity index (χ1n) is 6.68. The van der Waals surface area contributed by atoms with E-state index in [1.165, 1.54) is 6.20 Å². The molecule has 1 aromatic heterocycles. The van der Waals surface area contributed by atoms with Crippen molar-refractivity contribution >= 4 is 17.3 Å². The quantitative estimate of drug-likeness (QED) is 0.810. The second kappa shape index (κ2) is 4.91. The van der Waals surface area contributed by atoms with Gasteiger partial charge in [0.1, 0.15) is 11.8 Å². The average Bonchev–Trinajstić information content (AvgIpc) is 2.81. The second-order valence-corrected chi connectivity index (χ2v) is 5.16. The lowest BCUT2D eigenvalue weighted by atomic mass is 10.1. The monoisotopic (exact) mass is 278 g/mol. The number of amides is 1. The van der Waals surface area contributed by atoms with Gasteiger partial charge in [-0.2, -0.15) is 5.26 Å². The predicted octanol–water partition coefficient (Wildman–Crippen LogP) is 2.13. The summed E-state index contributed by atoms with van der Waals surface area (Å²) in [6.07, 6.45) is 2.19. The van der Waals surface area contributed by atoms with Crippen LogP contribution in [0.2, 0.25) is 0 Å². The van der Waals surface area contributed by atoms with Crippen molar-refractivity contribution in [1.29, 1.82) is 5.26 Å². The number of anilines is 2. The number of nitrogens with two attached hydrogens (primary N) is 1. The normalized spacial score (nSPS) is 16.4. The van der Waals surface area contributed by atoms with E-state index in [1.54, 1.807) is 23.1 Å². The minimum atomic E-state index is -0.157. The fourth-order valence-corrected chi connectivity index (χ4v) is 2.67. The van der Waals surface area contributed by atoms with Crippen LogP contribution in [0.5, 0.6) is 0 Å². The van der Waals surface area contributed by atoms with E-state index in [1.807, 2.05) is 25.1 Å². The van der Waals surface area contributed by atoms with Gasteiger partial charge >= 0.3 is 0 Å². The molecule has 5 nitrogen and oxygen atoms in total. The van der Waals surface area contributed by atoms with Crippen molar-refractivity contribution in [3.05, 3.63) is 53.3 Å². The number of nitrogen functional groups attached to an aromatic ring is 1. The van der Waals surface area contributed by atoms with Gasteiger partial charge in [0.15, 0.2) is 0 Å². The molecule has 0 aliphatic carbocycles. The van der Waals surface area contributed by atoms with Gasteiger partial charge in [-0.1, -0.05) is 0 Å². The first-order chi connectivity index (χ1) is 10.1. The van der Waals surface area contributed by atoms with Gasteiger partial charge in [-0.3, -0.25) is 4.79 Å². The lowest BCUT2D eigenvalue weighted by Crippen LogP contribution is -2.36. The molecular formula is C16H14N4O. The molecule has 2 heterocycles. The van der Waals surface area contributed by atoms with Crippen LogP contribution in [0.4, 0.5) is 11.4 Å². The number of aromatic nitrogens is 1. The van der Waals surface area contributed by atoms with Crippen LogP contribution < -0.4 is 10.6 Å². The predicted molar refractivity (Wildman–Crippen MR) is 79.8 cm³/mol. The molecule has 0 spiro atoms. The molecule has 0 radical (unpaired) electrons. The molecule has 1 amide bonds. The Labute approximate surface area is 122 Å². The van der Waals surface area contributed by atoms with Crippen LogP contribution in [0.25, 0.3) is 0 Å². The van der Waals surface area contributed by atoms with Crippen molar-refractivity contribution in [3.8, 4) is 6.07 Å². The van der Waals surface area contributed by atoms with Gasteiger partial charge in [0.25, 0.3) is 5.91 Å². The topological polar surface area (TPSA) is 83.0 Å². The van der Waals surface area contributed by atoms with Gasteiger partial charge in [-0.05, 0) is 49.2 Å². The molecule has 0 fully saturated rings. The van der Waals surface area contributed by atoms with Gasteiger partial charge in [0, 0.05) is 23.6 Å². The lowest BCUT2D eigenvalue weighted by molar-refractivity contribution is 0.0976. The molecule has 21 heavy (non-hydrogen) atoms. The minimum Gasteiger partial charge on any atom is -0.399 e. The molecule has 104 valence electrons. The van der Waals surface area contributed by atoms with Gasteiger partial charge in [-0.15, -0.1) is 0 Å². The Hall–Kier alpha value is -2.87. The minimum absolute atomic E-state index is 0.0618. The number of nitriles is 1. The first-order valence-corrected chi connectivity index (χ1v) is 6.68. The Morgan fingerprint density at radius 1 is 1.43 bits per heavy atom. The van der Waals surface area contributed by atoms with Gasteiger partial charge in [-0.25, -0.2) is 4.98 Å². The molecule has 1 aromatic carbocycles. The highest BCUT2D eigenvalue weighted by Gasteiger charge is 2.32. The highest BCUT2D eigenvalue weighted by atomic mass is 16.2. The number of carbonyl (C=O) groups is 1. The third-order valence-corrected chi connectivity index (χ3v) is 3.65. The van der Waals surface area contributed by atoms with Gasteiger partial charge in [0.05, 0.1) is 5.56 Å². The zero-order valence-corrected chi connectivity index (χ0v) is 11.6. The molecule has 1 unspecified atom stereocenters. The maximum Gasteiger partial charge on any atom is 0.277 e. The zero-order valence-electron chi connectivity index (χ0n) is 11.6. The number of hydrogen-bond donors (Lipinski definition) is 1. The molecule has 0 saturated carbocycles. The Balaban J connectivity index is 1.97. The third-order valence-electron chi connectivity index (χ3n) is 3.65. The summed E-state index contributed by atoms with van der Waals surface area (Å²) in [5, 5.41) is 8.78. The summed E-state index contributed by atoms with van der Waals surface area (Å²) in [5.74, 6) is -0.157. The van der Waals surface area contributed by atoms with E-state index in [-0.39, 0.29) is 11.9 Å². The summed E-state index contributed by atoms with van der Waals surface area (Å²) in [4.78, 5) is 18.5. The average molecular weight is 278 g/mol. The van der Waals surface area contributed by atoms with Crippen LogP contribution >= 0.6 is 0 Å². The molecule has 1 aliphatic heterocycles. The van der Waals surface area contributed by atoms with Crippen molar-refractivity contribution < 1.29 is 4.79 Å². The number of hydrogen-bond acceptors (Lipinski definition) is 4. The Kier molecular flexibility index (Phi) is 3.07. The van der Waals surface area contributed by atoms with E-state index >= 15 is 0 Å². The van der Waals surface area contributed by atoms with Gasteiger partial charge in [0.2, 0.25) is 0 Å². The van der Waals surface area contributed by atoms with E-state index in [2.05, 4.69) is 4.98 Å². The van der Waals surface area contributed by atoms with E-state index in [0.717, 1.165) is 17.7 Å². The molecule has 1 aliphatic rings. The highest BCUT2D eigenvalue weighted by molar-refractivity contribution is 6.06. The van der Waals surface area contributed by atoms with Crippen molar-refractivity contribution in [2.45, 2.75) is 19.4 Å². The Morgan fingerprint density at radius 2 is 2.24 bits per heavy atom. The third kappa shape index (κ3) is 2.21. The van der Waals surface area contributed by atoms with Crippen LogP contribution in [-0.4, -0.2) is 16.9 Å². The summed E-state index contributed by atoms with van der Waals surface area (Å²) < 4.78 is 0. The summed E-state index contributed by atoms with van der Waals surface area (Å²) >= 11 is 0. The number of rotatable bonds is 1. The maximum atomic E-state index is 12.7. The summed E-state index contributed by atoms with van der Waals surface area (Å²) in [7, 11) is 0. The lowest BCUT2D eigenvalue weighted by Gasteiger charge is -2.22. The maximum absolute atomic E-state index is 12.7. The molecule has 2 N–H and O–H groups in total. The summed E-state index contributed by atoms with van der Waals surface area (Å²) in [5.41, 5.74) is 9.23. The smallest absolute Gasteiger partial charge is 0.277 e. The molecule has 0 saturated heterocycles. The van der Waals surface area contributed by atoms with Crippen molar-refractivity contribution in [3.63, 3.8) is 0 Å². The number of nitrogens with zero attached hydrogens (tertiary/aromatic N) is 3. The number of benzene rings is 1. The van der Waals surface area contributed by atoms with E-state index in [9.17, 15) is 4.79 Å². The fourth-order valence-electron chi connectivity index (χ4n) is 2.67. The van der Waals surface area contributed by atoms with Crippen molar-refractivity contribution in [2.24, 2.45) is 0 Å². The van der Waals surface area contributed by atoms with Gasteiger partial charge < -0.3 is 10.6 Å². The molecule has 0 bridgehead atoms. The van der Waals surface area contributed by atoms with E-state index < -0.39 is 0 Å². The Bertz CT molecular complexity index is 746. The SMILES string of the molecule is CC1Cc2cc(N)ccc2N1C(=O)c1ccc(C#N)cn1. The molecule has 1 atom stereocenters. The second-order valence-electron chi connectivity index (χ2n) is 5.16. The van der Waals surface area contributed by atoms with Crippen molar-refractivity contribution in [2.75, 3.05) is 10.6 Å². The zero-order chi connectivity index (χ0) is 15.0. The standard InChI is InChI=1S/C16H14N4O/c1-10-6-12-7-13(18)3-5-15(12)20(10)16(21)14-4-2-11(8-17)9-19-14/h2-5,7,9-10H,6,18H2,1H3. The Morgan fingerprint density at radius 3 is 2.90 bits per heavy atom. The molecular weight excluding hydrogens is 264 g/mol. The van der Waals surface area contributed by atoms with Crippen LogP contribution in [0.1, 0.15) is 28.5 Å². The first kappa shape index (κ1) is 13.1. The van der Waals surface area contributed by atoms with Crippen LogP contribution in [-0.2, 0) is 6.42 Å². The summed E-state index contributed by atoms with van der Waals surface area (Å²) in [6, 6.07) is 10.8. The van der Waals surface area contributed by atoms with Crippen LogP contribution in [0.3, 0.4) is 0 Å². The summed E-state index contributed by atoms with van der Waals surface area (Å²) in [6.45, 7) is 2.00. The highest BCUT2D eigenvalue weighted by Crippen LogP contribution is 2.34. The molecule has 5 heteroatoms. The van der Waals surface area contributed by atoms with Crippen LogP contribution in [0, 0.1) is 11.3 Å².